The van der Waals surface area contributed by atoms with Crippen molar-refractivity contribution in [2.75, 3.05) is 27.7 Å². The summed E-state index contributed by atoms with van der Waals surface area (Å²) in [4.78, 5) is 2.23. The monoisotopic (exact) mass is 263 g/mol. The van der Waals surface area contributed by atoms with Crippen molar-refractivity contribution in [3.05, 3.63) is 35.9 Å². The van der Waals surface area contributed by atoms with E-state index in [4.69, 9.17) is 4.74 Å². The third-order valence-corrected chi connectivity index (χ3v) is 3.97. The molecule has 0 aliphatic carbocycles. The maximum Gasteiger partial charge on any atom is 0.101 e. The first-order valence-electron chi connectivity index (χ1n) is 7.01. The molecule has 0 amide bonds. The van der Waals surface area contributed by atoms with E-state index >= 15 is 0 Å². The molecule has 0 bridgehead atoms. The molecule has 0 aromatic heterocycles. The highest BCUT2D eigenvalue weighted by molar-refractivity contribution is 5.26. The number of hydrogen-bond donors (Lipinski definition) is 0. The van der Waals surface area contributed by atoms with Crippen molar-refractivity contribution in [1.82, 2.24) is 4.90 Å². The van der Waals surface area contributed by atoms with Crippen LogP contribution in [0.5, 0.6) is 0 Å². The summed E-state index contributed by atoms with van der Waals surface area (Å²) in [6.07, 6.45) is 0. The van der Waals surface area contributed by atoms with E-state index in [1.54, 1.807) is 0 Å². The molecule has 0 unspecified atom stereocenters. The van der Waals surface area contributed by atoms with Crippen molar-refractivity contribution in [1.29, 1.82) is 0 Å². The lowest BCUT2D eigenvalue weighted by Gasteiger charge is -2.49. The van der Waals surface area contributed by atoms with Gasteiger partial charge in [-0.3, -0.25) is 0 Å². The lowest BCUT2D eigenvalue weighted by atomic mass is 9.65. The summed E-state index contributed by atoms with van der Waals surface area (Å²) < 4.78 is 6.12. The first-order chi connectivity index (χ1) is 8.75. The zero-order chi connectivity index (χ0) is 14.7. The molecule has 1 rings (SSSR count). The Labute approximate surface area is 118 Å². The summed E-state index contributed by atoms with van der Waals surface area (Å²) in [5.41, 5.74) is 1.01. The third-order valence-electron chi connectivity index (χ3n) is 3.97. The number of methoxy groups -OCH3 is 1. The van der Waals surface area contributed by atoms with Gasteiger partial charge in [-0.2, -0.15) is 0 Å². The fourth-order valence-corrected chi connectivity index (χ4v) is 3.44. The molecular weight excluding hydrogens is 234 g/mol. The molecule has 19 heavy (non-hydrogen) atoms. The van der Waals surface area contributed by atoms with Gasteiger partial charge in [0.15, 0.2) is 0 Å². The standard InChI is InChI=1S/C17H29NO/c1-14(13-18(5)6)17(19-7,16(2,3)4)15-11-9-8-10-12-15/h8-12,14H,13H2,1-7H3/t14-,17+/m0/s1. The molecule has 2 atom stereocenters. The zero-order valence-electron chi connectivity index (χ0n) is 13.5. The first-order valence-corrected chi connectivity index (χ1v) is 7.01. The van der Waals surface area contributed by atoms with Crippen LogP contribution in [0.25, 0.3) is 0 Å². The van der Waals surface area contributed by atoms with Crippen molar-refractivity contribution in [3.63, 3.8) is 0 Å². The minimum Gasteiger partial charge on any atom is -0.373 e. The number of rotatable bonds is 5. The van der Waals surface area contributed by atoms with E-state index in [1.165, 1.54) is 5.56 Å². The second-order valence-corrected chi connectivity index (χ2v) is 6.72. The van der Waals surface area contributed by atoms with E-state index in [1.807, 2.05) is 7.11 Å². The van der Waals surface area contributed by atoms with Crippen LogP contribution in [0.1, 0.15) is 33.3 Å². The Balaban J connectivity index is 3.32. The predicted molar refractivity (Wildman–Crippen MR) is 82.3 cm³/mol. The highest BCUT2D eigenvalue weighted by Crippen LogP contribution is 2.47. The molecule has 1 aromatic carbocycles. The minimum absolute atomic E-state index is 0.0263. The van der Waals surface area contributed by atoms with E-state index in [0.717, 1.165) is 6.54 Å². The topological polar surface area (TPSA) is 12.5 Å². The van der Waals surface area contributed by atoms with Crippen molar-refractivity contribution in [2.24, 2.45) is 11.3 Å². The van der Waals surface area contributed by atoms with E-state index in [9.17, 15) is 0 Å². The number of nitrogens with zero attached hydrogens (tertiary/aromatic N) is 1. The van der Waals surface area contributed by atoms with Crippen LogP contribution in [0.3, 0.4) is 0 Å². The highest BCUT2D eigenvalue weighted by atomic mass is 16.5. The number of hydrogen-bond acceptors (Lipinski definition) is 2. The fraction of sp³-hybridized carbons (Fsp3) is 0.647. The van der Waals surface area contributed by atoms with E-state index in [-0.39, 0.29) is 11.0 Å². The quantitative estimate of drug-likeness (QED) is 0.802. The van der Waals surface area contributed by atoms with Crippen LogP contribution < -0.4 is 0 Å². The average molecular weight is 263 g/mol. The lowest BCUT2D eigenvalue weighted by molar-refractivity contribution is -0.140. The average Bonchev–Trinajstić information content (AvgIpc) is 2.29. The van der Waals surface area contributed by atoms with Crippen LogP contribution >= 0.6 is 0 Å². The molecule has 0 spiro atoms. The maximum absolute atomic E-state index is 6.12. The SMILES string of the molecule is CO[C@@](c1ccccc1)([C@@H](C)CN(C)C)C(C)(C)C. The van der Waals surface area contributed by atoms with Crippen molar-refractivity contribution < 1.29 is 4.74 Å². The zero-order valence-corrected chi connectivity index (χ0v) is 13.5. The Morgan fingerprint density at radius 1 is 1.11 bits per heavy atom. The molecule has 0 radical (unpaired) electrons. The lowest BCUT2D eigenvalue weighted by Crippen LogP contribution is -2.50. The molecule has 108 valence electrons. The Morgan fingerprint density at radius 3 is 2.00 bits per heavy atom. The van der Waals surface area contributed by atoms with Crippen molar-refractivity contribution in [2.45, 2.75) is 33.3 Å². The van der Waals surface area contributed by atoms with Crippen LogP contribution in [0.15, 0.2) is 30.3 Å². The minimum atomic E-state index is -0.279. The molecular formula is C17H29NO. The third kappa shape index (κ3) is 3.18. The molecule has 0 saturated heterocycles. The van der Waals surface area contributed by atoms with Crippen LogP contribution in [0.2, 0.25) is 0 Å². The van der Waals surface area contributed by atoms with Crippen molar-refractivity contribution >= 4 is 0 Å². The Kier molecular flexibility index (Phi) is 5.17. The largest absolute Gasteiger partial charge is 0.373 e. The van der Waals surface area contributed by atoms with Gasteiger partial charge in [0.1, 0.15) is 5.60 Å². The van der Waals surface area contributed by atoms with Crippen LogP contribution in [0, 0.1) is 11.3 Å². The molecule has 0 heterocycles. The summed E-state index contributed by atoms with van der Waals surface area (Å²) in [7, 11) is 6.07. The van der Waals surface area contributed by atoms with E-state index in [2.05, 4.69) is 77.0 Å². The number of ether oxygens (including phenoxy) is 1. The molecule has 0 aliphatic heterocycles. The van der Waals surface area contributed by atoms with Gasteiger partial charge in [-0.05, 0) is 25.1 Å². The van der Waals surface area contributed by atoms with Gasteiger partial charge in [0.05, 0.1) is 0 Å². The highest BCUT2D eigenvalue weighted by Gasteiger charge is 2.48. The summed E-state index contributed by atoms with van der Waals surface area (Å²) in [6.45, 7) is 10.1. The summed E-state index contributed by atoms with van der Waals surface area (Å²) in [6, 6.07) is 10.6. The Morgan fingerprint density at radius 2 is 1.63 bits per heavy atom. The van der Waals surface area contributed by atoms with E-state index in [0.29, 0.717) is 5.92 Å². The molecule has 2 heteroatoms. The van der Waals surface area contributed by atoms with Crippen LogP contribution in [-0.4, -0.2) is 32.6 Å². The fourth-order valence-electron chi connectivity index (χ4n) is 3.44. The van der Waals surface area contributed by atoms with Gasteiger partial charge >= 0.3 is 0 Å². The van der Waals surface area contributed by atoms with Crippen LogP contribution in [0.4, 0.5) is 0 Å². The second-order valence-electron chi connectivity index (χ2n) is 6.72. The van der Waals surface area contributed by atoms with Gasteiger partial charge in [-0.15, -0.1) is 0 Å². The predicted octanol–water partition coefficient (Wildman–Crippen LogP) is 3.77. The summed E-state index contributed by atoms with van der Waals surface area (Å²) in [5, 5.41) is 0. The smallest absolute Gasteiger partial charge is 0.101 e. The molecule has 0 saturated carbocycles. The van der Waals surface area contributed by atoms with Gasteiger partial charge in [-0.1, -0.05) is 58.0 Å². The molecule has 0 fully saturated rings. The molecule has 1 aromatic rings. The Bertz CT molecular complexity index is 380. The molecule has 2 nitrogen and oxygen atoms in total. The van der Waals surface area contributed by atoms with Crippen molar-refractivity contribution in [3.8, 4) is 0 Å². The number of benzene rings is 1. The van der Waals surface area contributed by atoms with Gasteiger partial charge in [0, 0.05) is 19.6 Å². The first kappa shape index (κ1) is 16.2. The normalized spacial score (nSPS) is 17.3. The Hall–Kier alpha value is -0.860. The van der Waals surface area contributed by atoms with E-state index < -0.39 is 0 Å². The van der Waals surface area contributed by atoms with Gasteiger partial charge < -0.3 is 9.64 Å². The molecule has 0 N–H and O–H groups in total. The van der Waals surface area contributed by atoms with Crippen LogP contribution in [-0.2, 0) is 10.3 Å². The maximum atomic E-state index is 6.12. The van der Waals surface area contributed by atoms with Gasteiger partial charge in [-0.25, -0.2) is 0 Å². The summed E-state index contributed by atoms with van der Waals surface area (Å²) >= 11 is 0. The second kappa shape index (κ2) is 6.06. The summed E-state index contributed by atoms with van der Waals surface area (Å²) in [5.74, 6) is 0.398. The molecule has 0 aliphatic rings. The van der Waals surface area contributed by atoms with Gasteiger partial charge in [0.2, 0.25) is 0 Å². The van der Waals surface area contributed by atoms with Gasteiger partial charge in [0.25, 0.3) is 0 Å².